The molecule has 2 aliphatic carbocycles. The number of fused-ring (bicyclic) bond motifs is 2. The first-order chi connectivity index (χ1) is 13.8. The number of aryl methyl sites for hydroxylation is 2. The monoisotopic (exact) mass is 591 g/mol. The SMILES string of the molecule is Ic1ccc2c(c1-c1c([I+]c3ccccc3)ccc3c1CCCC3)CCCC2. The normalized spacial score (nSPS) is 15.8. The van der Waals surface area contributed by atoms with Crippen LogP contribution in [-0.4, -0.2) is 0 Å². The maximum absolute atomic E-state index is 2.60. The van der Waals surface area contributed by atoms with Gasteiger partial charge in [-0.05, 0) is 120 Å². The summed E-state index contributed by atoms with van der Waals surface area (Å²) < 4.78 is 4.61. The Balaban J connectivity index is 1.74. The molecule has 0 nitrogen and oxygen atoms in total. The van der Waals surface area contributed by atoms with Crippen molar-refractivity contribution in [3.63, 3.8) is 0 Å². The van der Waals surface area contributed by atoms with Crippen LogP contribution in [0.25, 0.3) is 11.1 Å². The molecule has 2 aliphatic rings. The largest absolute Gasteiger partial charge is 0.358 e. The van der Waals surface area contributed by atoms with Gasteiger partial charge in [-0.15, -0.1) is 0 Å². The van der Waals surface area contributed by atoms with Gasteiger partial charge in [-0.1, -0.05) is 30.3 Å². The standard InChI is InChI=1S/C26H25I2/c27-23-16-14-18-8-4-6-12-21(18)25(23)26-22-13-7-5-9-19(22)15-17-24(26)28-20-10-2-1-3-11-20/h1-3,10-11,14-17H,4-9,12-13H2/q+1. The van der Waals surface area contributed by atoms with Crippen molar-refractivity contribution in [1.29, 1.82) is 0 Å². The Labute approximate surface area is 192 Å². The fraction of sp³-hybridized carbons (Fsp3) is 0.308. The van der Waals surface area contributed by atoms with E-state index in [0.29, 0.717) is 0 Å². The highest BCUT2D eigenvalue weighted by Crippen LogP contribution is 2.39. The van der Waals surface area contributed by atoms with Gasteiger partial charge < -0.3 is 0 Å². The van der Waals surface area contributed by atoms with Gasteiger partial charge >= 0.3 is 21.2 Å². The minimum atomic E-state index is -0.166. The molecule has 0 bridgehead atoms. The molecule has 28 heavy (non-hydrogen) atoms. The molecule has 0 fully saturated rings. The van der Waals surface area contributed by atoms with Crippen LogP contribution in [0.5, 0.6) is 0 Å². The lowest BCUT2D eigenvalue weighted by atomic mass is 9.81. The zero-order chi connectivity index (χ0) is 18.9. The highest BCUT2D eigenvalue weighted by Gasteiger charge is 2.29. The Morgan fingerprint density at radius 1 is 0.607 bits per heavy atom. The minimum Gasteiger partial charge on any atom is -0.0619 e. The first kappa shape index (κ1) is 19.1. The molecule has 0 saturated carbocycles. The van der Waals surface area contributed by atoms with Crippen LogP contribution >= 0.6 is 22.6 Å². The molecule has 0 atom stereocenters. The maximum atomic E-state index is 2.60. The predicted octanol–water partition coefficient (Wildman–Crippen LogP) is 3.84. The second kappa shape index (κ2) is 8.47. The van der Waals surface area contributed by atoms with E-state index in [1.165, 1.54) is 58.5 Å². The topological polar surface area (TPSA) is 0 Å². The van der Waals surface area contributed by atoms with Crippen LogP contribution in [-0.2, 0) is 25.7 Å². The summed E-state index contributed by atoms with van der Waals surface area (Å²) in [5.41, 5.74) is 9.80. The van der Waals surface area contributed by atoms with Crippen LogP contribution in [0, 0.1) is 10.7 Å². The summed E-state index contributed by atoms with van der Waals surface area (Å²) in [5.74, 6) is 0. The molecule has 0 saturated heterocycles. The van der Waals surface area contributed by atoms with Gasteiger partial charge in [-0.3, -0.25) is 0 Å². The van der Waals surface area contributed by atoms with Gasteiger partial charge in [0.15, 0.2) is 3.57 Å². The first-order valence-corrected chi connectivity index (χ1v) is 13.7. The molecule has 0 spiro atoms. The highest BCUT2D eigenvalue weighted by atomic mass is 127. The minimum absolute atomic E-state index is 0.166. The summed E-state index contributed by atoms with van der Waals surface area (Å²) >= 11 is 2.44. The molecule has 5 rings (SSSR count). The van der Waals surface area contributed by atoms with Crippen LogP contribution in [0.15, 0.2) is 54.6 Å². The van der Waals surface area contributed by atoms with E-state index in [2.05, 4.69) is 77.2 Å². The van der Waals surface area contributed by atoms with Gasteiger partial charge in [-0.25, -0.2) is 0 Å². The first-order valence-electron chi connectivity index (χ1n) is 10.5. The second-order valence-corrected chi connectivity index (χ2v) is 12.0. The summed E-state index contributed by atoms with van der Waals surface area (Å²) in [6.45, 7) is 0. The smallest absolute Gasteiger partial charge is 0.0619 e. The van der Waals surface area contributed by atoms with Gasteiger partial charge in [0, 0.05) is 14.7 Å². The molecule has 3 aromatic rings. The molecular formula is C26H25I2+. The number of halogens is 2. The van der Waals surface area contributed by atoms with Crippen LogP contribution in [0.2, 0.25) is 0 Å². The Morgan fingerprint density at radius 3 is 1.93 bits per heavy atom. The average Bonchev–Trinajstić information content (AvgIpc) is 2.75. The lowest BCUT2D eigenvalue weighted by molar-refractivity contribution is -0.596. The van der Waals surface area contributed by atoms with Crippen molar-refractivity contribution in [2.24, 2.45) is 0 Å². The fourth-order valence-electron chi connectivity index (χ4n) is 4.81. The van der Waals surface area contributed by atoms with Crippen molar-refractivity contribution in [2.45, 2.75) is 51.4 Å². The van der Waals surface area contributed by atoms with E-state index < -0.39 is 0 Å². The molecule has 0 amide bonds. The molecule has 3 aromatic carbocycles. The third-order valence-corrected chi connectivity index (χ3v) is 9.88. The van der Waals surface area contributed by atoms with E-state index in [9.17, 15) is 0 Å². The van der Waals surface area contributed by atoms with Crippen molar-refractivity contribution < 1.29 is 21.2 Å². The number of hydrogen-bond acceptors (Lipinski definition) is 0. The van der Waals surface area contributed by atoms with Gasteiger partial charge in [0.2, 0.25) is 3.57 Å². The summed E-state index contributed by atoms with van der Waals surface area (Å²) in [5, 5.41) is 0. The Kier molecular flexibility index (Phi) is 5.78. The number of benzene rings is 3. The molecule has 2 heteroatoms. The number of rotatable bonds is 3. The van der Waals surface area contributed by atoms with Gasteiger partial charge in [0.1, 0.15) is 0 Å². The maximum Gasteiger partial charge on any atom is 0.358 e. The summed E-state index contributed by atoms with van der Waals surface area (Å²) in [7, 11) is 0. The molecule has 0 radical (unpaired) electrons. The molecule has 0 N–H and O–H groups in total. The van der Waals surface area contributed by atoms with Crippen LogP contribution in [0.4, 0.5) is 0 Å². The summed E-state index contributed by atoms with van der Waals surface area (Å²) in [4.78, 5) is 0. The van der Waals surface area contributed by atoms with Crippen molar-refractivity contribution in [3.8, 4) is 11.1 Å². The summed E-state index contributed by atoms with van der Waals surface area (Å²) in [6, 6.07) is 20.9. The van der Waals surface area contributed by atoms with E-state index in [1.807, 2.05) is 0 Å². The van der Waals surface area contributed by atoms with Crippen LogP contribution < -0.4 is 21.2 Å². The van der Waals surface area contributed by atoms with Gasteiger partial charge in [0.25, 0.3) is 0 Å². The van der Waals surface area contributed by atoms with Crippen molar-refractivity contribution in [3.05, 3.63) is 87.6 Å². The molecule has 0 heterocycles. The predicted molar refractivity (Wildman–Crippen MR) is 122 cm³/mol. The van der Waals surface area contributed by atoms with Crippen molar-refractivity contribution in [2.75, 3.05) is 0 Å². The molecule has 142 valence electrons. The fourth-order valence-corrected chi connectivity index (χ4v) is 8.26. The van der Waals surface area contributed by atoms with Crippen molar-refractivity contribution >= 4 is 22.6 Å². The summed E-state index contributed by atoms with van der Waals surface area (Å²) in [6.07, 6.45) is 10.4. The van der Waals surface area contributed by atoms with E-state index in [4.69, 9.17) is 0 Å². The lowest BCUT2D eigenvalue weighted by Crippen LogP contribution is -3.61. The third kappa shape index (κ3) is 3.67. The van der Waals surface area contributed by atoms with E-state index >= 15 is 0 Å². The van der Waals surface area contributed by atoms with Crippen LogP contribution in [0.1, 0.15) is 47.9 Å². The number of hydrogen-bond donors (Lipinski definition) is 0. The van der Waals surface area contributed by atoms with Crippen molar-refractivity contribution in [1.82, 2.24) is 0 Å². The Hall–Kier alpha value is -0.880. The molecular weight excluding hydrogens is 566 g/mol. The van der Waals surface area contributed by atoms with Gasteiger partial charge in [-0.2, -0.15) is 0 Å². The zero-order valence-corrected chi connectivity index (χ0v) is 20.4. The Morgan fingerprint density at radius 2 is 1.21 bits per heavy atom. The second-order valence-electron chi connectivity index (χ2n) is 7.92. The van der Waals surface area contributed by atoms with E-state index in [1.54, 1.807) is 37.0 Å². The van der Waals surface area contributed by atoms with Crippen LogP contribution in [0.3, 0.4) is 0 Å². The highest BCUT2D eigenvalue weighted by molar-refractivity contribution is 14.1. The van der Waals surface area contributed by atoms with Gasteiger partial charge in [0.05, 0.1) is 0 Å². The van der Waals surface area contributed by atoms with E-state index in [-0.39, 0.29) is 21.2 Å². The average molecular weight is 591 g/mol. The zero-order valence-electron chi connectivity index (χ0n) is 16.1. The third-order valence-electron chi connectivity index (χ3n) is 6.16. The van der Waals surface area contributed by atoms with E-state index in [0.717, 1.165) is 0 Å². The molecule has 0 unspecified atom stereocenters. The quantitative estimate of drug-likeness (QED) is 0.407. The molecule has 0 aliphatic heterocycles. The Bertz CT molecular complexity index is 1000. The lowest BCUT2D eigenvalue weighted by Gasteiger charge is -2.25. The molecule has 0 aromatic heterocycles.